The number of H-pyrrole nitrogens is 1. The summed E-state index contributed by atoms with van der Waals surface area (Å²) in [5, 5.41) is 12.6. The summed E-state index contributed by atoms with van der Waals surface area (Å²) in [6.45, 7) is 0. The van der Waals surface area contributed by atoms with Crippen molar-refractivity contribution in [3.05, 3.63) is 40.4 Å². The monoisotopic (exact) mass is 343 g/mol. The molecule has 1 fully saturated rings. The summed E-state index contributed by atoms with van der Waals surface area (Å²) in [6.07, 6.45) is 3.73. The Morgan fingerprint density at radius 1 is 1.24 bits per heavy atom. The average Bonchev–Trinajstić information content (AvgIpc) is 3.05. The van der Waals surface area contributed by atoms with Crippen LogP contribution in [0, 0.1) is 0 Å². The molecule has 0 saturated heterocycles. The van der Waals surface area contributed by atoms with Gasteiger partial charge in [-0.15, -0.1) is 0 Å². The molecule has 2 aromatic rings. The molecule has 25 heavy (non-hydrogen) atoms. The molecule has 7 nitrogen and oxygen atoms in total. The highest BCUT2D eigenvalue weighted by Gasteiger charge is 2.42. The molecule has 0 aliphatic heterocycles. The van der Waals surface area contributed by atoms with Crippen LogP contribution in [0.15, 0.2) is 29.1 Å². The lowest BCUT2D eigenvalue weighted by Gasteiger charge is -2.25. The largest absolute Gasteiger partial charge is 0.480 e. The number of benzene rings is 1. The zero-order valence-corrected chi connectivity index (χ0v) is 13.9. The number of hydrogen-bond acceptors (Lipinski definition) is 4. The molecular formula is C18H21N3O4. The molecule has 1 amide bonds. The van der Waals surface area contributed by atoms with E-state index in [9.17, 15) is 19.5 Å². The van der Waals surface area contributed by atoms with Gasteiger partial charge in [0, 0.05) is 12.8 Å². The second-order valence-electron chi connectivity index (χ2n) is 6.53. The van der Waals surface area contributed by atoms with Crippen molar-refractivity contribution in [3.8, 4) is 0 Å². The standard InChI is InChI=1S/C18H21N3O4/c22-15(21-18(17(24)25)10-3-4-11-18)9-5-8-14-19-13-7-2-1-6-12(13)16(23)20-14/h1-2,6-7H,3-5,8-11H2,(H,21,22)(H,24,25)(H,19,20,23). The normalized spacial score (nSPS) is 16.0. The van der Waals surface area contributed by atoms with Crippen molar-refractivity contribution in [2.45, 2.75) is 50.5 Å². The number of para-hydroxylation sites is 1. The molecule has 1 aromatic heterocycles. The summed E-state index contributed by atoms with van der Waals surface area (Å²) in [4.78, 5) is 42.7. The van der Waals surface area contributed by atoms with Crippen molar-refractivity contribution >= 4 is 22.8 Å². The third-order valence-electron chi connectivity index (χ3n) is 4.72. The zero-order chi connectivity index (χ0) is 17.9. The second-order valence-corrected chi connectivity index (χ2v) is 6.53. The Hall–Kier alpha value is -2.70. The number of aromatic nitrogens is 2. The van der Waals surface area contributed by atoms with Crippen LogP contribution in [0.3, 0.4) is 0 Å². The van der Waals surface area contributed by atoms with E-state index >= 15 is 0 Å². The number of aryl methyl sites for hydroxylation is 1. The first-order valence-corrected chi connectivity index (χ1v) is 8.52. The molecule has 0 bridgehead atoms. The average molecular weight is 343 g/mol. The fourth-order valence-corrected chi connectivity index (χ4v) is 3.37. The fourth-order valence-electron chi connectivity index (χ4n) is 3.37. The van der Waals surface area contributed by atoms with Gasteiger partial charge in [-0.3, -0.25) is 9.59 Å². The van der Waals surface area contributed by atoms with E-state index in [0.717, 1.165) is 12.8 Å². The summed E-state index contributed by atoms with van der Waals surface area (Å²) >= 11 is 0. The van der Waals surface area contributed by atoms with E-state index in [0.29, 0.717) is 42.4 Å². The van der Waals surface area contributed by atoms with Gasteiger partial charge >= 0.3 is 5.97 Å². The number of carboxylic acid groups (broad SMARTS) is 1. The molecule has 1 aromatic carbocycles. The van der Waals surface area contributed by atoms with Crippen LogP contribution in [0.4, 0.5) is 0 Å². The molecule has 1 aliphatic rings. The van der Waals surface area contributed by atoms with Gasteiger partial charge < -0.3 is 15.4 Å². The van der Waals surface area contributed by atoms with Gasteiger partial charge in [-0.25, -0.2) is 9.78 Å². The Morgan fingerprint density at radius 2 is 1.96 bits per heavy atom. The molecule has 7 heteroatoms. The Morgan fingerprint density at radius 3 is 2.68 bits per heavy atom. The number of nitrogens with one attached hydrogen (secondary N) is 2. The van der Waals surface area contributed by atoms with Gasteiger partial charge in [-0.05, 0) is 31.4 Å². The van der Waals surface area contributed by atoms with E-state index in [4.69, 9.17) is 0 Å². The van der Waals surface area contributed by atoms with Gasteiger partial charge in [0.1, 0.15) is 11.4 Å². The number of nitrogens with zero attached hydrogens (tertiary/aromatic N) is 1. The molecule has 1 saturated carbocycles. The van der Waals surface area contributed by atoms with E-state index < -0.39 is 11.5 Å². The van der Waals surface area contributed by atoms with Crippen LogP contribution in [-0.2, 0) is 16.0 Å². The SMILES string of the molecule is O=C(CCCc1nc2ccccc2c(=O)[nH]1)NC1(C(=O)O)CCCC1. The van der Waals surface area contributed by atoms with Crippen molar-refractivity contribution in [2.24, 2.45) is 0 Å². The molecule has 3 rings (SSSR count). The number of fused-ring (bicyclic) bond motifs is 1. The molecule has 0 radical (unpaired) electrons. The molecule has 0 unspecified atom stereocenters. The molecule has 132 valence electrons. The van der Waals surface area contributed by atoms with E-state index in [1.807, 2.05) is 6.07 Å². The quantitative estimate of drug-likeness (QED) is 0.740. The third kappa shape index (κ3) is 3.70. The molecule has 0 atom stereocenters. The summed E-state index contributed by atoms with van der Waals surface area (Å²) in [6, 6.07) is 7.09. The van der Waals surface area contributed by atoms with Crippen molar-refractivity contribution in [1.29, 1.82) is 0 Å². The van der Waals surface area contributed by atoms with Crippen molar-refractivity contribution in [3.63, 3.8) is 0 Å². The number of amides is 1. The van der Waals surface area contributed by atoms with Crippen LogP contribution in [-0.4, -0.2) is 32.5 Å². The molecule has 0 spiro atoms. The molecule has 1 heterocycles. The third-order valence-corrected chi connectivity index (χ3v) is 4.72. The lowest BCUT2D eigenvalue weighted by molar-refractivity contribution is -0.147. The maximum Gasteiger partial charge on any atom is 0.329 e. The highest BCUT2D eigenvalue weighted by atomic mass is 16.4. The van der Waals surface area contributed by atoms with Crippen LogP contribution in [0.2, 0.25) is 0 Å². The minimum Gasteiger partial charge on any atom is -0.480 e. The lowest BCUT2D eigenvalue weighted by atomic mass is 9.97. The van der Waals surface area contributed by atoms with Gasteiger partial charge in [-0.2, -0.15) is 0 Å². The first-order chi connectivity index (χ1) is 12.0. The van der Waals surface area contributed by atoms with E-state index in [2.05, 4.69) is 15.3 Å². The van der Waals surface area contributed by atoms with Crippen LogP contribution in [0.25, 0.3) is 10.9 Å². The van der Waals surface area contributed by atoms with Crippen LogP contribution >= 0.6 is 0 Å². The summed E-state index contributed by atoms with van der Waals surface area (Å²) in [5.74, 6) is -0.698. The minimum absolute atomic E-state index is 0.194. The number of aromatic amines is 1. The van der Waals surface area contributed by atoms with Crippen molar-refractivity contribution < 1.29 is 14.7 Å². The van der Waals surface area contributed by atoms with Crippen molar-refractivity contribution in [2.75, 3.05) is 0 Å². The molecule has 3 N–H and O–H groups in total. The van der Waals surface area contributed by atoms with Gasteiger partial charge in [0.15, 0.2) is 0 Å². The van der Waals surface area contributed by atoms with Gasteiger partial charge in [0.2, 0.25) is 5.91 Å². The molecule has 1 aliphatic carbocycles. The topological polar surface area (TPSA) is 112 Å². The van der Waals surface area contributed by atoms with Crippen LogP contribution in [0.1, 0.15) is 44.3 Å². The highest BCUT2D eigenvalue weighted by molar-refractivity contribution is 5.87. The van der Waals surface area contributed by atoms with Gasteiger partial charge in [0.25, 0.3) is 5.56 Å². The Kier molecular flexibility index (Phi) is 4.83. The zero-order valence-electron chi connectivity index (χ0n) is 13.9. The maximum atomic E-state index is 12.1. The van der Waals surface area contributed by atoms with Crippen LogP contribution in [0.5, 0.6) is 0 Å². The summed E-state index contributed by atoms with van der Waals surface area (Å²) in [5.41, 5.74) is -0.672. The first kappa shape index (κ1) is 17.1. The summed E-state index contributed by atoms with van der Waals surface area (Å²) < 4.78 is 0. The van der Waals surface area contributed by atoms with Gasteiger partial charge in [-0.1, -0.05) is 25.0 Å². The minimum atomic E-state index is -1.10. The Labute approximate surface area is 144 Å². The predicted molar refractivity (Wildman–Crippen MR) is 92.3 cm³/mol. The number of hydrogen-bond donors (Lipinski definition) is 3. The van der Waals surface area contributed by atoms with Gasteiger partial charge in [0.05, 0.1) is 10.9 Å². The first-order valence-electron chi connectivity index (χ1n) is 8.52. The predicted octanol–water partition coefficient (Wildman–Crippen LogP) is 1.76. The molecular weight excluding hydrogens is 322 g/mol. The number of aliphatic carboxylic acids is 1. The highest BCUT2D eigenvalue weighted by Crippen LogP contribution is 2.30. The van der Waals surface area contributed by atoms with Crippen LogP contribution < -0.4 is 10.9 Å². The number of carbonyl (C=O) groups is 2. The van der Waals surface area contributed by atoms with E-state index in [-0.39, 0.29) is 17.9 Å². The summed E-state index contributed by atoms with van der Waals surface area (Å²) in [7, 11) is 0. The number of carboxylic acids is 1. The second kappa shape index (κ2) is 7.04. The number of rotatable bonds is 6. The number of carbonyl (C=O) groups excluding carboxylic acids is 1. The Balaban J connectivity index is 1.58. The maximum absolute atomic E-state index is 12.1. The van der Waals surface area contributed by atoms with E-state index in [1.54, 1.807) is 18.2 Å². The fraction of sp³-hybridized carbons (Fsp3) is 0.444. The lowest BCUT2D eigenvalue weighted by Crippen LogP contribution is -2.52. The smallest absolute Gasteiger partial charge is 0.329 e. The Bertz CT molecular complexity index is 853. The van der Waals surface area contributed by atoms with Crippen molar-refractivity contribution in [1.82, 2.24) is 15.3 Å². The van der Waals surface area contributed by atoms with E-state index in [1.165, 1.54) is 0 Å².